The summed E-state index contributed by atoms with van der Waals surface area (Å²) in [5.74, 6) is 0.589. The van der Waals surface area contributed by atoms with Crippen LogP contribution < -0.4 is 14.8 Å². The summed E-state index contributed by atoms with van der Waals surface area (Å²) in [6.45, 7) is 4.85. The van der Waals surface area contributed by atoms with Crippen LogP contribution in [0.4, 0.5) is 5.69 Å². The second kappa shape index (κ2) is 8.58. The van der Waals surface area contributed by atoms with Crippen molar-refractivity contribution in [2.45, 2.75) is 26.2 Å². The van der Waals surface area contributed by atoms with Crippen molar-refractivity contribution >= 4 is 17.6 Å². The zero-order chi connectivity index (χ0) is 19.2. The number of carbonyl (C=O) groups excluding carboxylic acids is 2. The van der Waals surface area contributed by atoms with Gasteiger partial charge in [-0.3, -0.25) is 4.79 Å². The van der Waals surface area contributed by atoms with E-state index in [0.717, 1.165) is 6.42 Å². The first-order valence-corrected chi connectivity index (χ1v) is 9.03. The normalized spacial score (nSPS) is 13.6. The van der Waals surface area contributed by atoms with E-state index in [1.54, 1.807) is 18.2 Å². The fraction of sp³-hybridized carbons (Fsp3) is 0.333. The number of hydrogen-bond acceptors (Lipinski definition) is 5. The van der Waals surface area contributed by atoms with E-state index in [1.807, 2.05) is 24.3 Å². The molecule has 1 N–H and O–H groups in total. The third-order valence-electron chi connectivity index (χ3n) is 4.49. The first-order valence-electron chi connectivity index (χ1n) is 9.03. The predicted molar refractivity (Wildman–Crippen MR) is 101 cm³/mol. The van der Waals surface area contributed by atoms with Crippen molar-refractivity contribution in [3.8, 4) is 11.5 Å². The molecule has 2 aromatic carbocycles. The van der Waals surface area contributed by atoms with Crippen LogP contribution in [0.1, 0.15) is 42.1 Å². The molecular formula is C21H23NO5. The second-order valence-electron chi connectivity index (χ2n) is 6.41. The van der Waals surface area contributed by atoms with Gasteiger partial charge in [-0.15, -0.1) is 0 Å². The molecule has 0 radical (unpaired) electrons. The summed E-state index contributed by atoms with van der Waals surface area (Å²) in [6.07, 6.45) is 1.06. The summed E-state index contributed by atoms with van der Waals surface area (Å²) in [6, 6.07) is 12.5. The van der Waals surface area contributed by atoms with Crippen molar-refractivity contribution in [1.82, 2.24) is 0 Å². The van der Waals surface area contributed by atoms with Crippen molar-refractivity contribution in [2.75, 3.05) is 25.1 Å². The van der Waals surface area contributed by atoms with Gasteiger partial charge < -0.3 is 19.5 Å². The van der Waals surface area contributed by atoms with E-state index in [9.17, 15) is 9.59 Å². The van der Waals surface area contributed by atoms with Gasteiger partial charge in [-0.2, -0.15) is 0 Å². The Hall–Kier alpha value is -3.02. The molecule has 0 aliphatic carbocycles. The molecule has 142 valence electrons. The number of carbonyl (C=O) groups is 2. The van der Waals surface area contributed by atoms with Crippen LogP contribution in [-0.2, 0) is 9.53 Å². The maximum absolute atomic E-state index is 12.1. The van der Waals surface area contributed by atoms with E-state index in [1.165, 1.54) is 5.56 Å². The quantitative estimate of drug-likeness (QED) is 0.785. The Morgan fingerprint density at radius 1 is 1.07 bits per heavy atom. The zero-order valence-electron chi connectivity index (χ0n) is 15.5. The van der Waals surface area contributed by atoms with Crippen molar-refractivity contribution in [2.24, 2.45) is 0 Å². The molecule has 0 aromatic heterocycles. The molecule has 0 spiro atoms. The molecule has 0 saturated carbocycles. The first-order chi connectivity index (χ1) is 13.1. The van der Waals surface area contributed by atoms with E-state index in [0.29, 0.717) is 41.9 Å². The molecule has 1 amide bonds. The lowest BCUT2D eigenvalue weighted by Gasteiger charge is -2.18. The number of rotatable bonds is 6. The minimum atomic E-state index is -0.589. The fourth-order valence-corrected chi connectivity index (χ4v) is 2.71. The lowest BCUT2D eigenvalue weighted by Crippen LogP contribution is -2.21. The zero-order valence-corrected chi connectivity index (χ0v) is 15.5. The van der Waals surface area contributed by atoms with Crippen LogP contribution in [0, 0.1) is 0 Å². The average Bonchev–Trinajstić information content (AvgIpc) is 2.71. The molecule has 0 bridgehead atoms. The molecule has 3 rings (SSSR count). The van der Waals surface area contributed by atoms with Gasteiger partial charge in [0.05, 0.1) is 5.56 Å². The first kappa shape index (κ1) is 18.8. The summed E-state index contributed by atoms with van der Waals surface area (Å²) >= 11 is 0. The maximum Gasteiger partial charge on any atom is 0.338 e. The number of nitrogens with one attached hydrogen (secondary N) is 1. The Bertz CT molecular complexity index is 816. The van der Waals surface area contributed by atoms with Crippen LogP contribution in [0.15, 0.2) is 42.5 Å². The highest BCUT2D eigenvalue weighted by Gasteiger charge is 2.16. The molecule has 0 fully saturated rings. The van der Waals surface area contributed by atoms with Crippen LogP contribution in [0.25, 0.3) is 0 Å². The number of anilines is 1. The third-order valence-corrected chi connectivity index (χ3v) is 4.49. The average molecular weight is 369 g/mol. The molecule has 6 nitrogen and oxygen atoms in total. The van der Waals surface area contributed by atoms with E-state index in [2.05, 4.69) is 19.2 Å². The summed E-state index contributed by atoms with van der Waals surface area (Å²) in [7, 11) is 0. The Balaban J connectivity index is 1.52. The predicted octanol–water partition coefficient (Wildman–Crippen LogP) is 3.77. The highest BCUT2D eigenvalue weighted by Crippen LogP contribution is 2.30. The molecule has 1 heterocycles. The number of fused-ring (bicyclic) bond motifs is 1. The summed E-state index contributed by atoms with van der Waals surface area (Å²) < 4.78 is 15.9. The van der Waals surface area contributed by atoms with Gasteiger partial charge in [-0.05, 0) is 48.2 Å². The molecule has 2 aromatic rings. The number of amides is 1. The van der Waals surface area contributed by atoms with Gasteiger partial charge >= 0.3 is 5.97 Å². The van der Waals surface area contributed by atoms with Crippen molar-refractivity contribution in [3.63, 3.8) is 0 Å². The molecule has 1 aliphatic rings. The van der Waals surface area contributed by atoms with Gasteiger partial charge in [-0.25, -0.2) is 4.79 Å². The van der Waals surface area contributed by atoms with Gasteiger partial charge in [0.1, 0.15) is 13.2 Å². The highest BCUT2D eigenvalue weighted by molar-refractivity contribution is 5.95. The Kier molecular flexibility index (Phi) is 5.96. The highest BCUT2D eigenvalue weighted by atomic mass is 16.6. The minimum Gasteiger partial charge on any atom is -0.486 e. The number of benzene rings is 2. The van der Waals surface area contributed by atoms with E-state index >= 15 is 0 Å². The Morgan fingerprint density at radius 2 is 1.78 bits per heavy atom. The van der Waals surface area contributed by atoms with Crippen molar-refractivity contribution in [3.05, 3.63) is 53.6 Å². The SMILES string of the molecule is CC[C@@H](C)c1ccc(NC(=O)COC(=O)c2ccc3c(c2)OCCO3)cc1. The number of esters is 1. The summed E-state index contributed by atoms with van der Waals surface area (Å²) in [5, 5.41) is 2.72. The van der Waals surface area contributed by atoms with Gasteiger partial charge in [0, 0.05) is 5.69 Å². The molecule has 0 unspecified atom stereocenters. The van der Waals surface area contributed by atoms with Crippen LogP contribution in [-0.4, -0.2) is 31.7 Å². The van der Waals surface area contributed by atoms with Gasteiger partial charge in [-0.1, -0.05) is 26.0 Å². The van der Waals surface area contributed by atoms with Crippen LogP contribution in [0.2, 0.25) is 0 Å². The molecular weight excluding hydrogens is 346 g/mol. The maximum atomic E-state index is 12.1. The molecule has 1 atom stereocenters. The minimum absolute atomic E-state index is 0.310. The van der Waals surface area contributed by atoms with E-state index in [4.69, 9.17) is 14.2 Å². The summed E-state index contributed by atoms with van der Waals surface area (Å²) in [5.41, 5.74) is 2.20. The number of ether oxygens (including phenoxy) is 3. The number of hydrogen-bond donors (Lipinski definition) is 1. The topological polar surface area (TPSA) is 73.9 Å². The summed E-state index contributed by atoms with van der Waals surface area (Å²) in [4.78, 5) is 24.2. The molecule has 0 saturated heterocycles. The van der Waals surface area contributed by atoms with Crippen LogP contribution >= 0.6 is 0 Å². The van der Waals surface area contributed by atoms with Gasteiger partial charge in [0.25, 0.3) is 5.91 Å². The van der Waals surface area contributed by atoms with E-state index < -0.39 is 11.9 Å². The van der Waals surface area contributed by atoms with Crippen molar-refractivity contribution < 1.29 is 23.8 Å². The van der Waals surface area contributed by atoms with Crippen LogP contribution in [0.5, 0.6) is 11.5 Å². The molecule has 6 heteroatoms. The van der Waals surface area contributed by atoms with Gasteiger partial charge in [0.15, 0.2) is 18.1 Å². The lowest BCUT2D eigenvalue weighted by molar-refractivity contribution is -0.119. The van der Waals surface area contributed by atoms with Crippen LogP contribution in [0.3, 0.4) is 0 Å². The fourth-order valence-electron chi connectivity index (χ4n) is 2.71. The monoisotopic (exact) mass is 369 g/mol. The largest absolute Gasteiger partial charge is 0.486 e. The standard InChI is InChI=1S/C21H23NO5/c1-3-14(2)15-4-7-17(8-5-15)22-20(23)13-27-21(24)16-6-9-18-19(12-16)26-11-10-25-18/h4-9,12,14H,3,10-11,13H2,1-2H3,(H,22,23)/t14-/m1/s1. The second-order valence-corrected chi connectivity index (χ2v) is 6.41. The van der Waals surface area contributed by atoms with Gasteiger partial charge in [0.2, 0.25) is 0 Å². The lowest BCUT2D eigenvalue weighted by atomic mass is 9.99. The third kappa shape index (κ3) is 4.78. The van der Waals surface area contributed by atoms with E-state index in [-0.39, 0.29) is 6.61 Å². The van der Waals surface area contributed by atoms with Crippen molar-refractivity contribution in [1.29, 1.82) is 0 Å². The Labute approximate surface area is 158 Å². The molecule has 27 heavy (non-hydrogen) atoms. The Morgan fingerprint density at radius 3 is 2.48 bits per heavy atom. The molecule has 1 aliphatic heterocycles. The smallest absolute Gasteiger partial charge is 0.338 e.